The molecule has 12 rings (SSSR count). The zero-order valence-electron chi connectivity index (χ0n) is 49.4. The van der Waals surface area contributed by atoms with Gasteiger partial charge in [0.05, 0.1) is 57.4 Å². The lowest BCUT2D eigenvalue weighted by molar-refractivity contribution is -0.143. The smallest absolute Gasteiger partial charge is 0.310 e. The number of carbonyl (C=O) groups excluding carboxylic acids is 4. The molecule has 6 aromatic carbocycles. The van der Waals surface area contributed by atoms with Crippen LogP contribution in [0.1, 0.15) is 114 Å². The van der Waals surface area contributed by atoms with E-state index in [0.717, 1.165) is 118 Å². The van der Waals surface area contributed by atoms with Gasteiger partial charge >= 0.3 is 11.9 Å². The molecule has 1 unspecified atom stereocenters. The van der Waals surface area contributed by atoms with Gasteiger partial charge in [-0.1, -0.05) is 72.7 Å². The Morgan fingerprint density at radius 1 is 0.529 bits per heavy atom. The molecule has 9 aromatic rings. The average Bonchev–Trinajstić information content (AvgIpc) is 2.62. The van der Waals surface area contributed by atoms with Crippen LogP contribution < -0.4 is 19.5 Å². The summed E-state index contributed by atoms with van der Waals surface area (Å²) in [5.41, 5.74) is 4.83. The van der Waals surface area contributed by atoms with Gasteiger partial charge in [-0.05, 0) is 165 Å². The second kappa shape index (κ2) is 29.1. The first-order valence-corrected chi connectivity index (χ1v) is 31.4. The van der Waals surface area contributed by atoms with Crippen LogP contribution in [0.15, 0.2) is 123 Å². The van der Waals surface area contributed by atoms with E-state index in [1.807, 2.05) is 67.6 Å². The summed E-state index contributed by atoms with van der Waals surface area (Å²) in [5, 5.41) is 12.4. The van der Waals surface area contributed by atoms with Crippen molar-refractivity contribution in [1.82, 2.24) is 15.1 Å². The Morgan fingerprint density at radius 2 is 0.953 bits per heavy atom. The van der Waals surface area contributed by atoms with Crippen LogP contribution in [-0.4, -0.2) is 111 Å². The van der Waals surface area contributed by atoms with Crippen molar-refractivity contribution in [1.29, 1.82) is 0 Å². The predicted molar refractivity (Wildman–Crippen MR) is 336 cm³/mol. The van der Waals surface area contributed by atoms with Crippen molar-refractivity contribution in [3.8, 4) is 17.2 Å². The molecule has 3 aromatic heterocycles. The zero-order chi connectivity index (χ0) is 59.2. The van der Waals surface area contributed by atoms with E-state index in [0.29, 0.717) is 58.0 Å². The third-order valence-electron chi connectivity index (χ3n) is 16.8. The van der Waals surface area contributed by atoms with Crippen molar-refractivity contribution in [3.05, 3.63) is 126 Å². The number of amides is 2. The van der Waals surface area contributed by atoms with Crippen LogP contribution in [0, 0.1) is 0 Å². The molecule has 3 aliphatic rings. The SMILES string of the molecule is CCOC(=O)Cc1coc2cc3ccc(OCCBr)cc3cc12.CCOC(=O)Cc1coc2cc3ccc(OCCN(C)C4CCCCC4)cc3cc12.CN(CCOc1ccc2cc3occ(C4CCC(=O)NC4=O)c3cc2c1)C1CCCCC1. The fourth-order valence-electron chi connectivity index (χ4n) is 12.1. The number of hydrogen-bond donors (Lipinski definition) is 1. The van der Waals surface area contributed by atoms with E-state index >= 15 is 0 Å². The van der Waals surface area contributed by atoms with Crippen LogP contribution >= 0.6 is 15.9 Å². The van der Waals surface area contributed by atoms with Crippen LogP contribution in [0.4, 0.5) is 0 Å². The van der Waals surface area contributed by atoms with Gasteiger partial charge < -0.3 is 46.7 Å². The van der Waals surface area contributed by atoms with Gasteiger partial charge in [0.1, 0.15) is 47.2 Å². The Hall–Kier alpha value is -7.40. The van der Waals surface area contributed by atoms with Gasteiger partial charge in [0.2, 0.25) is 11.8 Å². The van der Waals surface area contributed by atoms with Crippen LogP contribution in [0.2, 0.25) is 0 Å². The number of furan rings is 3. The summed E-state index contributed by atoms with van der Waals surface area (Å²) in [7, 11) is 4.41. The highest BCUT2D eigenvalue weighted by Gasteiger charge is 2.31. The van der Waals surface area contributed by atoms with Crippen molar-refractivity contribution < 1.29 is 56.1 Å². The summed E-state index contributed by atoms with van der Waals surface area (Å²) in [6.07, 6.45) is 19.5. The third kappa shape index (κ3) is 15.5. The number of alkyl halides is 1. The van der Waals surface area contributed by atoms with E-state index in [-0.39, 0.29) is 42.5 Å². The number of nitrogens with one attached hydrogen (secondary N) is 1. The van der Waals surface area contributed by atoms with Crippen molar-refractivity contribution in [2.75, 3.05) is 65.5 Å². The van der Waals surface area contributed by atoms with Gasteiger partial charge in [0.15, 0.2) is 0 Å². The number of piperidine rings is 1. The molecule has 4 heterocycles. The molecule has 1 N–H and O–H groups in total. The Kier molecular flexibility index (Phi) is 20.8. The number of nitrogens with zero attached hydrogens (tertiary/aromatic N) is 2. The normalized spacial score (nSPS) is 16.0. The zero-order valence-corrected chi connectivity index (χ0v) is 50.9. The van der Waals surface area contributed by atoms with Crippen LogP contribution in [0.3, 0.4) is 0 Å². The molecule has 85 heavy (non-hydrogen) atoms. The van der Waals surface area contributed by atoms with Gasteiger partial charge in [-0.15, -0.1) is 0 Å². The maximum atomic E-state index is 12.4. The molecule has 0 bridgehead atoms. The van der Waals surface area contributed by atoms with Crippen molar-refractivity contribution in [2.24, 2.45) is 0 Å². The Morgan fingerprint density at radius 3 is 1.39 bits per heavy atom. The topological polar surface area (TPSA) is 172 Å². The molecule has 3 fully saturated rings. The lowest BCUT2D eigenvalue weighted by Gasteiger charge is -2.31. The predicted octanol–water partition coefficient (Wildman–Crippen LogP) is 14.5. The maximum Gasteiger partial charge on any atom is 0.310 e. The van der Waals surface area contributed by atoms with Gasteiger partial charge in [-0.2, -0.15) is 0 Å². The highest BCUT2D eigenvalue weighted by atomic mass is 79.9. The minimum absolute atomic E-state index is 0.208. The molecule has 1 atom stereocenters. The van der Waals surface area contributed by atoms with E-state index in [2.05, 4.69) is 75.5 Å². The molecular weight excluding hydrogens is 1140 g/mol. The summed E-state index contributed by atoms with van der Waals surface area (Å²) in [6, 6.07) is 31.7. The molecule has 2 saturated carbocycles. The molecule has 0 radical (unpaired) electrons. The van der Waals surface area contributed by atoms with E-state index in [1.54, 1.807) is 25.7 Å². The second-order valence-corrected chi connectivity index (χ2v) is 23.3. The summed E-state index contributed by atoms with van der Waals surface area (Å²) in [4.78, 5) is 52.3. The lowest BCUT2D eigenvalue weighted by Crippen LogP contribution is -2.39. The molecular formula is C69H78BrN3O12. The maximum absolute atomic E-state index is 12.4. The summed E-state index contributed by atoms with van der Waals surface area (Å²) < 4.78 is 44.9. The number of rotatable bonds is 20. The van der Waals surface area contributed by atoms with Crippen LogP contribution in [-0.2, 0) is 41.5 Å². The molecule has 15 nitrogen and oxygen atoms in total. The van der Waals surface area contributed by atoms with Crippen molar-refractivity contribution in [2.45, 2.75) is 122 Å². The number of benzene rings is 6. The van der Waals surface area contributed by atoms with E-state index in [9.17, 15) is 19.2 Å². The number of carbonyl (C=O) groups is 4. The summed E-state index contributed by atoms with van der Waals surface area (Å²) in [6.45, 7) is 8.19. The van der Waals surface area contributed by atoms with Gasteiger partial charge in [0, 0.05) is 69.8 Å². The van der Waals surface area contributed by atoms with Gasteiger partial charge in [0.25, 0.3) is 0 Å². The third-order valence-corrected chi connectivity index (χ3v) is 17.1. The first kappa shape index (κ1) is 60.7. The molecule has 2 aliphatic carbocycles. The molecule has 448 valence electrons. The highest BCUT2D eigenvalue weighted by Crippen LogP contribution is 2.37. The minimum atomic E-state index is -0.360. The Balaban J connectivity index is 0.000000144. The average molecular weight is 1220 g/mol. The largest absolute Gasteiger partial charge is 0.493 e. The lowest BCUT2D eigenvalue weighted by atomic mass is 9.90. The standard InChI is InChI=1S/C26H30N2O4.C25H31NO4.C18H17BrO4/c1-28(19-5-3-2-4-6-19)11-12-31-20-8-7-17-15-24-22(14-18(17)13-20)23(16-32-24)21-9-10-25(29)27-26(21)30;1-3-28-25(27)16-20-17-30-24-15-18-9-10-22(13-19(18)14-23(20)24)29-12-11-26(2)21-7-5-4-6-8-21;1-2-21-18(20)10-14-11-23-17-9-12-3-4-15(22-6-5-19)7-13(12)8-16(14)17/h7-8,13-16,19,21H,2-6,9-12H2,1H3,(H,27,29,30);9-10,13-15,17,21H,3-8,11-12,16H2,1-2H3;3-4,7-9,11H,2,5-6,10H2,1H3. The number of halogens is 1. The quantitative estimate of drug-likeness (QED) is 0.0434. The molecule has 0 spiro atoms. The first-order valence-electron chi connectivity index (χ1n) is 30.3. The van der Waals surface area contributed by atoms with Gasteiger partial charge in [-0.25, -0.2) is 0 Å². The van der Waals surface area contributed by atoms with Crippen LogP contribution in [0.25, 0.3) is 65.2 Å². The Labute approximate surface area is 504 Å². The van der Waals surface area contributed by atoms with E-state index in [1.165, 1.54) is 64.2 Å². The fraction of sp³-hybridized carbons (Fsp3) is 0.420. The summed E-state index contributed by atoms with van der Waals surface area (Å²) in [5.74, 6) is 1.25. The molecule has 1 aliphatic heterocycles. The number of imide groups is 1. The monoisotopic (exact) mass is 1220 g/mol. The molecule has 16 heteroatoms. The number of esters is 2. The number of likely N-dealkylation sites (N-methyl/N-ethyl adjacent to an activating group) is 2. The number of ether oxygens (including phenoxy) is 5. The van der Waals surface area contributed by atoms with Crippen LogP contribution in [0.5, 0.6) is 17.2 Å². The fourth-order valence-corrected chi connectivity index (χ4v) is 12.3. The molecule has 1 saturated heterocycles. The van der Waals surface area contributed by atoms with E-state index in [4.69, 9.17) is 36.9 Å². The number of fused-ring (bicyclic) bond motifs is 6. The van der Waals surface area contributed by atoms with Crippen molar-refractivity contribution in [3.63, 3.8) is 0 Å². The minimum Gasteiger partial charge on any atom is -0.493 e. The molecule has 2 amide bonds. The number of hydrogen-bond acceptors (Lipinski definition) is 14. The van der Waals surface area contributed by atoms with E-state index < -0.39 is 0 Å². The highest BCUT2D eigenvalue weighted by molar-refractivity contribution is 9.09. The second-order valence-electron chi connectivity index (χ2n) is 22.5. The Bertz CT molecular complexity index is 3760. The summed E-state index contributed by atoms with van der Waals surface area (Å²) >= 11 is 3.35. The van der Waals surface area contributed by atoms with Crippen molar-refractivity contribution >= 4 is 105 Å². The first-order chi connectivity index (χ1) is 41.4. The van der Waals surface area contributed by atoms with Gasteiger partial charge in [-0.3, -0.25) is 24.5 Å².